The highest BCUT2D eigenvalue weighted by atomic mass is 16.1. The van der Waals surface area contributed by atoms with Gasteiger partial charge in [-0.25, -0.2) is 0 Å². The molecule has 1 rings (SSSR count). The van der Waals surface area contributed by atoms with Crippen LogP contribution in [0.3, 0.4) is 0 Å². The average Bonchev–Trinajstić information content (AvgIpc) is 2.37. The van der Waals surface area contributed by atoms with Gasteiger partial charge in [-0.3, -0.25) is 4.79 Å². The fourth-order valence-corrected chi connectivity index (χ4v) is 2.10. The summed E-state index contributed by atoms with van der Waals surface area (Å²) in [6.07, 6.45) is 1.78. The zero-order valence-corrected chi connectivity index (χ0v) is 11.6. The first kappa shape index (κ1) is 14.7. The SMILES string of the molecule is CCc1ccccc1C(=O)NC(CN)CC(C)C. The molecule has 0 heterocycles. The second-order valence-electron chi connectivity index (χ2n) is 5.05. The Hall–Kier alpha value is -1.35. The van der Waals surface area contributed by atoms with Crippen molar-refractivity contribution >= 4 is 5.91 Å². The standard InChI is InChI=1S/C15H24N2O/c1-4-12-7-5-6-8-14(12)15(18)17-13(10-16)9-11(2)3/h5-8,11,13H,4,9-10,16H2,1-3H3,(H,17,18). The molecule has 0 bridgehead atoms. The number of hydrogen-bond donors (Lipinski definition) is 2. The predicted molar refractivity (Wildman–Crippen MR) is 75.6 cm³/mol. The highest BCUT2D eigenvalue weighted by Gasteiger charge is 2.15. The lowest BCUT2D eigenvalue weighted by Crippen LogP contribution is -2.41. The van der Waals surface area contributed by atoms with Crippen molar-refractivity contribution in [3.63, 3.8) is 0 Å². The summed E-state index contributed by atoms with van der Waals surface area (Å²) in [5.41, 5.74) is 7.55. The van der Waals surface area contributed by atoms with E-state index in [2.05, 4.69) is 26.1 Å². The molecule has 0 aliphatic heterocycles. The number of aryl methyl sites for hydroxylation is 1. The van der Waals surface area contributed by atoms with Crippen molar-refractivity contribution in [3.8, 4) is 0 Å². The first-order valence-electron chi connectivity index (χ1n) is 6.67. The van der Waals surface area contributed by atoms with Crippen LogP contribution in [0.5, 0.6) is 0 Å². The Bertz CT molecular complexity index is 388. The Kier molecular flexibility index (Phi) is 5.86. The average molecular weight is 248 g/mol. The molecule has 1 amide bonds. The van der Waals surface area contributed by atoms with Gasteiger partial charge in [0.1, 0.15) is 0 Å². The lowest BCUT2D eigenvalue weighted by molar-refractivity contribution is 0.0933. The maximum Gasteiger partial charge on any atom is 0.251 e. The number of benzene rings is 1. The third-order valence-electron chi connectivity index (χ3n) is 3.02. The van der Waals surface area contributed by atoms with Crippen molar-refractivity contribution in [3.05, 3.63) is 35.4 Å². The number of rotatable bonds is 6. The number of nitrogens with one attached hydrogen (secondary N) is 1. The molecule has 0 spiro atoms. The maximum atomic E-state index is 12.2. The van der Waals surface area contributed by atoms with Crippen LogP contribution in [-0.4, -0.2) is 18.5 Å². The summed E-state index contributed by atoms with van der Waals surface area (Å²) >= 11 is 0. The lowest BCUT2D eigenvalue weighted by Gasteiger charge is -2.19. The number of amides is 1. The van der Waals surface area contributed by atoms with E-state index in [1.807, 2.05) is 24.3 Å². The molecule has 1 unspecified atom stereocenters. The smallest absolute Gasteiger partial charge is 0.251 e. The van der Waals surface area contributed by atoms with Crippen LogP contribution in [0.2, 0.25) is 0 Å². The minimum absolute atomic E-state index is 0.0106. The minimum Gasteiger partial charge on any atom is -0.348 e. The molecule has 3 nitrogen and oxygen atoms in total. The van der Waals surface area contributed by atoms with E-state index in [4.69, 9.17) is 5.73 Å². The molecule has 0 aliphatic rings. The number of carbonyl (C=O) groups excluding carboxylic acids is 1. The van der Waals surface area contributed by atoms with Crippen LogP contribution in [0.4, 0.5) is 0 Å². The van der Waals surface area contributed by atoms with E-state index in [9.17, 15) is 4.79 Å². The predicted octanol–water partition coefficient (Wildman–Crippen LogP) is 2.35. The molecule has 1 aromatic rings. The van der Waals surface area contributed by atoms with Crippen molar-refractivity contribution in [2.24, 2.45) is 11.7 Å². The van der Waals surface area contributed by atoms with Gasteiger partial charge in [-0.05, 0) is 30.4 Å². The Morgan fingerprint density at radius 1 is 1.33 bits per heavy atom. The Morgan fingerprint density at radius 3 is 2.56 bits per heavy atom. The van der Waals surface area contributed by atoms with E-state index in [1.165, 1.54) is 0 Å². The van der Waals surface area contributed by atoms with Gasteiger partial charge in [0.25, 0.3) is 5.91 Å². The fourth-order valence-electron chi connectivity index (χ4n) is 2.10. The van der Waals surface area contributed by atoms with Crippen molar-refractivity contribution in [1.82, 2.24) is 5.32 Å². The molecule has 0 fully saturated rings. The molecule has 1 atom stereocenters. The van der Waals surface area contributed by atoms with Gasteiger partial charge >= 0.3 is 0 Å². The molecule has 0 radical (unpaired) electrons. The van der Waals surface area contributed by atoms with Crippen LogP contribution < -0.4 is 11.1 Å². The zero-order chi connectivity index (χ0) is 13.5. The van der Waals surface area contributed by atoms with E-state index in [0.29, 0.717) is 12.5 Å². The molecule has 3 heteroatoms. The molecular weight excluding hydrogens is 224 g/mol. The quantitative estimate of drug-likeness (QED) is 0.812. The third kappa shape index (κ3) is 4.15. The summed E-state index contributed by atoms with van der Waals surface area (Å²) in [5, 5.41) is 3.03. The maximum absolute atomic E-state index is 12.2. The first-order chi connectivity index (χ1) is 8.58. The lowest BCUT2D eigenvalue weighted by atomic mass is 10.0. The summed E-state index contributed by atoms with van der Waals surface area (Å²) in [5.74, 6) is 0.517. The van der Waals surface area contributed by atoms with Gasteiger partial charge in [-0.1, -0.05) is 39.0 Å². The van der Waals surface area contributed by atoms with Crippen LogP contribution in [0.1, 0.15) is 43.1 Å². The van der Waals surface area contributed by atoms with Crippen LogP contribution >= 0.6 is 0 Å². The van der Waals surface area contributed by atoms with Crippen LogP contribution in [0, 0.1) is 5.92 Å². The van der Waals surface area contributed by atoms with Gasteiger partial charge in [-0.15, -0.1) is 0 Å². The number of nitrogens with two attached hydrogens (primary N) is 1. The largest absolute Gasteiger partial charge is 0.348 e. The number of carbonyl (C=O) groups is 1. The second kappa shape index (κ2) is 7.17. The molecular formula is C15H24N2O. The Balaban J connectivity index is 2.74. The highest BCUT2D eigenvalue weighted by Crippen LogP contribution is 2.11. The number of hydrogen-bond acceptors (Lipinski definition) is 2. The van der Waals surface area contributed by atoms with Crippen LogP contribution in [0.15, 0.2) is 24.3 Å². The van der Waals surface area contributed by atoms with Gasteiger partial charge in [0.2, 0.25) is 0 Å². The molecule has 100 valence electrons. The summed E-state index contributed by atoms with van der Waals surface area (Å²) in [6, 6.07) is 7.78. The molecule has 0 saturated heterocycles. The minimum atomic E-state index is -0.0106. The van der Waals surface area contributed by atoms with Gasteiger partial charge < -0.3 is 11.1 Å². The molecule has 3 N–H and O–H groups in total. The normalized spacial score (nSPS) is 12.5. The zero-order valence-electron chi connectivity index (χ0n) is 11.6. The molecule has 0 aliphatic carbocycles. The van der Waals surface area contributed by atoms with Crippen molar-refractivity contribution in [2.45, 2.75) is 39.7 Å². The summed E-state index contributed by atoms with van der Waals surface area (Å²) in [6.45, 7) is 6.81. The molecule has 0 saturated carbocycles. The second-order valence-corrected chi connectivity index (χ2v) is 5.05. The summed E-state index contributed by atoms with van der Waals surface area (Å²) < 4.78 is 0. The van der Waals surface area contributed by atoms with Gasteiger partial charge in [0.15, 0.2) is 0 Å². The van der Waals surface area contributed by atoms with E-state index < -0.39 is 0 Å². The van der Waals surface area contributed by atoms with Crippen molar-refractivity contribution in [2.75, 3.05) is 6.54 Å². The van der Waals surface area contributed by atoms with E-state index >= 15 is 0 Å². The molecule has 0 aromatic heterocycles. The van der Waals surface area contributed by atoms with Crippen molar-refractivity contribution < 1.29 is 4.79 Å². The van der Waals surface area contributed by atoms with Crippen LogP contribution in [0.25, 0.3) is 0 Å². The Morgan fingerprint density at radius 2 is 2.00 bits per heavy atom. The fraction of sp³-hybridized carbons (Fsp3) is 0.533. The highest BCUT2D eigenvalue weighted by molar-refractivity contribution is 5.95. The molecule has 1 aromatic carbocycles. The van der Waals surface area contributed by atoms with Gasteiger partial charge in [0, 0.05) is 18.2 Å². The Labute approximate surface area is 110 Å². The topological polar surface area (TPSA) is 55.1 Å². The van der Waals surface area contributed by atoms with Gasteiger partial charge in [-0.2, -0.15) is 0 Å². The first-order valence-corrected chi connectivity index (χ1v) is 6.67. The van der Waals surface area contributed by atoms with Crippen LogP contribution in [-0.2, 0) is 6.42 Å². The molecule has 18 heavy (non-hydrogen) atoms. The van der Waals surface area contributed by atoms with Crippen molar-refractivity contribution in [1.29, 1.82) is 0 Å². The third-order valence-corrected chi connectivity index (χ3v) is 3.02. The van der Waals surface area contributed by atoms with E-state index in [1.54, 1.807) is 0 Å². The van der Waals surface area contributed by atoms with Gasteiger partial charge in [0.05, 0.1) is 0 Å². The van der Waals surface area contributed by atoms with E-state index in [0.717, 1.165) is 24.0 Å². The van der Waals surface area contributed by atoms with E-state index in [-0.39, 0.29) is 11.9 Å². The summed E-state index contributed by atoms with van der Waals surface area (Å²) in [7, 11) is 0. The monoisotopic (exact) mass is 248 g/mol. The summed E-state index contributed by atoms with van der Waals surface area (Å²) in [4.78, 5) is 12.2.